The topological polar surface area (TPSA) is 0 Å². The van der Waals surface area contributed by atoms with Crippen LogP contribution in [0.15, 0.2) is 60.4 Å². The van der Waals surface area contributed by atoms with Crippen molar-refractivity contribution in [2.45, 2.75) is 0 Å². The molecule has 1 heteroatoms. The second-order valence-corrected chi connectivity index (χ2v) is 2.56. The molecule has 1 rings (SSSR count). The predicted molar refractivity (Wildman–Crippen MR) is 54.4 cm³/mol. The molecule has 0 aromatic heterocycles. The normalized spacial score (nSPS) is 7.27. The van der Waals surface area contributed by atoms with E-state index in [4.69, 9.17) is 0 Å². The Labute approximate surface area is 72.6 Å². The van der Waals surface area contributed by atoms with Crippen molar-refractivity contribution in [3.8, 4) is 0 Å². The highest BCUT2D eigenvalue weighted by Crippen LogP contribution is 1.96. The van der Waals surface area contributed by atoms with Crippen molar-refractivity contribution >= 4 is 11.8 Å². The molecule has 0 aliphatic heterocycles. The number of rotatable bonds is 2. The number of benzene rings is 1. The van der Waals surface area contributed by atoms with Crippen molar-refractivity contribution in [3.05, 3.63) is 60.4 Å². The van der Waals surface area contributed by atoms with Crippen LogP contribution in [0.2, 0.25) is 0 Å². The zero-order chi connectivity index (χ0) is 8.36. The Hall–Kier alpha value is -0.950. The van der Waals surface area contributed by atoms with Gasteiger partial charge in [-0.1, -0.05) is 49.6 Å². The first-order valence-electron chi connectivity index (χ1n) is 3.29. The zero-order valence-electron chi connectivity index (χ0n) is 6.44. The molecule has 0 aliphatic carbocycles. The van der Waals surface area contributed by atoms with Gasteiger partial charge in [-0.15, -0.1) is 11.8 Å². The average Bonchev–Trinajstić information content (AvgIpc) is 2.10. The van der Waals surface area contributed by atoms with Crippen LogP contribution in [0.4, 0.5) is 0 Å². The van der Waals surface area contributed by atoms with Crippen molar-refractivity contribution in [1.82, 2.24) is 0 Å². The first-order valence-corrected chi connectivity index (χ1v) is 4.23. The first kappa shape index (κ1) is 10.0. The van der Waals surface area contributed by atoms with E-state index < -0.39 is 0 Å². The largest absolute Gasteiger partial charge is 0.107 e. The molecule has 0 nitrogen and oxygen atoms in total. The highest BCUT2D eigenvalue weighted by molar-refractivity contribution is 8.04. The molecule has 0 unspecified atom stereocenters. The lowest BCUT2D eigenvalue weighted by molar-refractivity contribution is 1.72. The van der Waals surface area contributed by atoms with Gasteiger partial charge in [-0.05, 0) is 10.8 Å². The maximum atomic E-state index is 3.44. The summed E-state index contributed by atoms with van der Waals surface area (Å²) in [7, 11) is 0. The van der Waals surface area contributed by atoms with Gasteiger partial charge in [-0.2, -0.15) is 0 Å². The van der Waals surface area contributed by atoms with Gasteiger partial charge in [0.25, 0.3) is 0 Å². The van der Waals surface area contributed by atoms with E-state index in [0.717, 1.165) is 0 Å². The summed E-state index contributed by atoms with van der Waals surface area (Å²) in [4.78, 5) is 0. The summed E-state index contributed by atoms with van der Waals surface area (Å²) in [6.45, 7) is 6.88. The van der Waals surface area contributed by atoms with Gasteiger partial charge >= 0.3 is 0 Å². The molecular formula is C10H12S. The van der Waals surface area contributed by atoms with Gasteiger partial charge in [0.1, 0.15) is 0 Å². The molecule has 0 amide bonds. The summed E-state index contributed by atoms with van der Waals surface area (Å²) in [5.41, 5.74) is 0. The summed E-state index contributed by atoms with van der Waals surface area (Å²) in [5, 5.41) is 3.46. The monoisotopic (exact) mass is 164 g/mol. The quantitative estimate of drug-likeness (QED) is 0.642. The Morgan fingerprint density at radius 1 is 0.727 bits per heavy atom. The lowest BCUT2D eigenvalue weighted by Crippen LogP contribution is -1.47. The van der Waals surface area contributed by atoms with E-state index >= 15 is 0 Å². The Kier molecular flexibility index (Phi) is 8.27. The minimum Gasteiger partial charge on any atom is -0.107 e. The second kappa shape index (κ2) is 9.05. The van der Waals surface area contributed by atoms with Gasteiger partial charge in [0.05, 0.1) is 0 Å². The summed E-state index contributed by atoms with van der Waals surface area (Å²) >= 11 is 1.49. The molecule has 58 valence electrons. The minimum absolute atomic E-state index is 1.49. The molecule has 0 fully saturated rings. The summed E-state index contributed by atoms with van der Waals surface area (Å²) in [6.07, 6.45) is 0. The van der Waals surface area contributed by atoms with Crippen molar-refractivity contribution in [3.63, 3.8) is 0 Å². The third kappa shape index (κ3) is 9.05. The number of thioether (sulfide) groups is 1. The van der Waals surface area contributed by atoms with Gasteiger partial charge in [0.15, 0.2) is 0 Å². The van der Waals surface area contributed by atoms with Crippen molar-refractivity contribution in [2.75, 3.05) is 0 Å². The lowest BCUT2D eigenvalue weighted by atomic mass is 10.4. The van der Waals surface area contributed by atoms with E-state index in [9.17, 15) is 0 Å². The molecule has 1 aromatic carbocycles. The van der Waals surface area contributed by atoms with E-state index in [2.05, 4.69) is 13.2 Å². The van der Waals surface area contributed by atoms with Crippen LogP contribution in [0.25, 0.3) is 0 Å². The van der Waals surface area contributed by atoms with E-state index in [1.54, 1.807) is 10.8 Å². The van der Waals surface area contributed by atoms with E-state index in [1.807, 2.05) is 36.4 Å². The maximum Gasteiger partial charge on any atom is -0.0320 e. The van der Waals surface area contributed by atoms with Gasteiger partial charge in [0.2, 0.25) is 0 Å². The molecule has 0 N–H and O–H groups in total. The maximum absolute atomic E-state index is 3.44. The molecule has 0 saturated carbocycles. The van der Waals surface area contributed by atoms with Crippen molar-refractivity contribution in [1.29, 1.82) is 0 Å². The van der Waals surface area contributed by atoms with Crippen LogP contribution in [0.1, 0.15) is 0 Å². The number of hydrogen-bond acceptors (Lipinski definition) is 1. The average molecular weight is 164 g/mol. The second-order valence-electron chi connectivity index (χ2n) is 1.62. The molecule has 0 aliphatic rings. The molecule has 0 saturated heterocycles. The van der Waals surface area contributed by atoms with E-state index in [1.165, 1.54) is 11.8 Å². The minimum atomic E-state index is 1.49. The molecule has 0 atom stereocenters. The fourth-order valence-corrected chi connectivity index (χ4v) is 0.589. The van der Waals surface area contributed by atoms with Gasteiger partial charge in [0, 0.05) is 0 Å². The Morgan fingerprint density at radius 3 is 1.09 bits per heavy atom. The van der Waals surface area contributed by atoms with Gasteiger partial charge in [-0.25, -0.2) is 0 Å². The zero-order valence-corrected chi connectivity index (χ0v) is 7.26. The van der Waals surface area contributed by atoms with Gasteiger partial charge in [-0.3, -0.25) is 0 Å². The SMILES string of the molecule is C=CSC=C.c1ccccc1. The standard InChI is InChI=1S/C6H6.C4H6S/c1-2-4-6-5-3-1;1-3-5-4-2/h1-6H;3-4H,1-2H2. The highest BCUT2D eigenvalue weighted by atomic mass is 32.2. The molecular weight excluding hydrogens is 152 g/mol. The molecule has 1 aromatic rings. The Bertz CT molecular complexity index is 147. The van der Waals surface area contributed by atoms with E-state index in [0.29, 0.717) is 0 Å². The fraction of sp³-hybridized carbons (Fsp3) is 0. The Balaban J connectivity index is 0.000000187. The van der Waals surface area contributed by atoms with Crippen molar-refractivity contribution in [2.24, 2.45) is 0 Å². The van der Waals surface area contributed by atoms with Crippen LogP contribution in [0.5, 0.6) is 0 Å². The third-order valence-corrected chi connectivity index (χ3v) is 1.24. The molecule has 0 heterocycles. The fourth-order valence-electron chi connectivity index (χ4n) is 0.453. The van der Waals surface area contributed by atoms with Crippen LogP contribution in [-0.2, 0) is 0 Å². The smallest absolute Gasteiger partial charge is 0.0320 e. The van der Waals surface area contributed by atoms with Crippen LogP contribution < -0.4 is 0 Å². The van der Waals surface area contributed by atoms with Crippen LogP contribution >= 0.6 is 11.8 Å². The highest BCUT2D eigenvalue weighted by Gasteiger charge is 1.57. The van der Waals surface area contributed by atoms with Crippen LogP contribution in [0, 0.1) is 0 Å². The van der Waals surface area contributed by atoms with E-state index in [-0.39, 0.29) is 0 Å². The Morgan fingerprint density at radius 2 is 1.00 bits per heavy atom. The summed E-state index contributed by atoms with van der Waals surface area (Å²) in [5.74, 6) is 0. The predicted octanol–water partition coefficient (Wildman–Crippen LogP) is 3.69. The molecule has 11 heavy (non-hydrogen) atoms. The molecule has 0 bridgehead atoms. The number of hydrogen-bond donors (Lipinski definition) is 0. The van der Waals surface area contributed by atoms with Gasteiger partial charge < -0.3 is 0 Å². The summed E-state index contributed by atoms with van der Waals surface area (Å²) in [6, 6.07) is 12.0. The lowest BCUT2D eigenvalue weighted by Gasteiger charge is -1.69. The first-order chi connectivity index (χ1) is 5.41. The van der Waals surface area contributed by atoms with Crippen LogP contribution in [0.3, 0.4) is 0 Å². The molecule has 0 spiro atoms. The summed E-state index contributed by atoms with van der Waals surface area (Å²) < 4.78 is 0. The van der Waals surface area contributed by atoms with Crippen molar-refractivity contribution < 1.29 is 0 Å². The van der Waals surface area contributed by atoms with Crippen LogP contribution in [-0.4, -0.2) is 0 Å². The molecule has 0 radical (unpaired) electrons. The third-order valence-electron chi connectivity index (χ3n) is 0.859.